The van der Waals surface area contributed by atoms with Crippen molar-refractivity contribution in [2.45, 2.75) is 13.8 Å². The third-order valence-corrected chi connectivity index (χ3v) is 2.15. The van der Waals surface area contributed by atoms with E-state index in [0.29, 0.717) is 0 Å². The van der Waals surface area contributed by atoms with E-state index in [9.17, 15) is 14.7 Å². The van der Waals surface area contributed by atoms with Crippen LogP contribution in [0.5, 0.6) is 5.75 Å². The fourth-order valence-electron chi connectivity index (χ4n) is 1.28. The molecule has 2 rings (SSSR count). The second-order valence-electron chi connectivity index (χ2n) is 3.25. The molecule has 0 saturated heterocycles. The van der Waals surface area contributed by atoms with Crippen molar-refractivity contribution in [2.24, 2.45) is 0 Å². The number of hydrogen-bond acceptors (Lipinski definition) is 5. The second-order valence-corrected chi connectivity index (χ2v) is 3.25. The molecule has 1 N–H and O–H groups in total. The summed E-state index contributed by atoms with van der Waals surface area (Å²) in [7, 11) is 0. The number of aromatic hydroxyl groups is 1. The average molecular weight is 208 g/mol. The zero-order valence-electron chi connectivity index (χ0n) is 8.16. The van der Waals surface area contributed by atoms with Gasteiger partial charge < -0.3 is 13.9 Å². The number of aryl methyl sites for hydroxylation is 2. The van der Waals surface area contributed by atoms with Crippen LogP contribution in [0.4, 0.5) is 0 Å². The summed E-state index contributed by atoms with van der Waals surface area (Å²) >= 11 is 0. The minimum absolute atomic E-state index is 0.0273. The van der Waals surface area contributed by atoms with E-state index in [0.717, 1.165) is 0 Å². The molecular weight excluding hydrogens is 200 g/mol. The van der Waals surface area contributed by atoms with Gasteiger partial charge in [-0.25, -0.2) is 0 Å². The molecule has 0 aliphatic carbocycles. The highest BCUT2D eigenvalue weighted by molar-refractivity contribution is 5.72. The lowest BCUT2D eigenvalue weighted by atomic mass is 10.2. The summed E-state index contributed by atoms with van der Waals surface area (Å²) in [5.41, 5.74) is -0.954. The molecule has 15 heavy (non-hydrogen) atoms. The molecule has 5 nitrogen and oxygen atoms in total. The Morgan fingerprint density at radius 3 is 2.53 bits per heavy atom. The van der Waals surface area contributed by atoms with Crippen molar-refractivity contribution >= 4 is 11.2 Å². The summed E-state index contributed by atoms with van der Waals surface area (Å²) in [5.74, 6) is -0.689. The molecule has 0 atom stereocenters. The van der Waals surface area contributed by atoms with Crippen molar-refractivity contribution < 1.29 is 13.9 Å². The van der Waals surface area contributed by atoms with E-state index in [4.69, 9.17) is 8.83 Å². The zero-order chi connectivity index (χ0) is 11.2. The van der Waals surface area contributed by atoms with E-state index >= 15 is 0 Å². The normalized spacial score (nSPS) is 10.8. The Balaban J connectivity index is 3.15. The molecule has 0 amide bonds. The molecule has 2 aromatic heterocycles. The molecular formula is C10H8O5. The van der Waals surface area contributed by atoms with Crippen LogP contribution in [0.3, 0.4) is 0 Å². The van der Waals surface area contributed by atoms with E-state index in [2.05, 4.69) is 0 Å². The monoisotopic (exact) mass is 208 g/mol. The van der Waals surface area contributed by atoms with Crippen molar-refractivity contribution in [1.29, 1.82) is 0 Å². The Morgan fingerprint density at radius 2 is 1.87 bits per heavy atom. The Kier molecular flexibility index (Phi) is 1.89. The molecule has 5 heteroatoms. The first kappa shape index (κ1) is 9.51. The Hall–Kier alpha value is -2.04. The molecule has 78 valence electrons. The van der Waals surface area contributed by atoms with Crippen molar-refractivity contribution in [1.82, 2.24) is 0 Å². The van der Waals surface area contributed by atoms with Crippen LogP contribution in [0.25, 0.3) is 11.2 Å². The average Bonchev–Trinajstić information content (AvgIpc) is 2.20. The molecule has 0 unspecified atom stereocenters. The van der Waals surface area contributed by atoms with Crippen LogP contribution in [0.1, 0.15) is 11.3 Å². The van der Waals surface area contributed by atoms with Gasteiger partial charge in [0.2, 0.25) is 16.6 Å². The highest BCUT2D eigenvalue weighted by Crippen LogP contribution is 2.16. The summed E-state index contributed by atoms with van der Waals surface area (Å²) in [6, 6.07) is 0. The van der Waals surface area contributed by atoms with Gasteiger partial charge >= 0.3 is 5.78 Å². The summed E-state index contributed by atoms with van der Waals surface area (Å²) in [6.07, 6.45) is 1.21. The maximum atomic E-state index is 11.6. The smallest absolute Gasteiger partial charge is 0.305 e. The lowest BCUT2D eigenvalue weighted by Crippen LogP contribution is -2.15. The fraction of sp³-hybridized carbons (Fsp3) is 0.200. The van der Waals surface area contributed by atoms with E-state index in [-0.39, 0.29) is 22.5 Å². The molecule has 2 heterocycles. The van der Waals surface area contributed by atoms with E-state index in [1.165, 1.54) is 20.1 Å². The standard InChI is InChI=1S/C10H8O5/c1-4-3-14-10-6(7(4)11)9(13)8(12)5(2)15-10/h3,12H,1-2H3. The first-order chi connectivity index (χ1) is 7.02. The van der Waals surface area contributed by atoms with Crippen LogP contribution in [-0.4, -0.2) is 5.11 Å². The molecule has 0 bridgehead atoms. The van der Waals surface area contributed by atoms with Gasteiger partial charge in [-0.3, -0.25) is 9.59 Å². The summed E-state index contributed by atoms with van der Waals surface area (Å²) < 4.78 is 9.95. The van der Waals surface area contributed by atoms with Gasteiger partial charge in [-0.1, -0.05) is 0 Å². The summed E-state index contributed by atoms with van der Waals surface area (Å²) in [4.78, 5) is 23.1. The molecule has 0 aliphatic rings. The zero-order valence-corrected chi connectivity index (χ0v) is 8.16. The topological polar surface area (TPSA) is 80.7 Å². The molecule has 0 spiro atoms. The minimum atomic E-state index is -0.758. The highest BCUT2D eigenvalue weighted by Gasteiger charge is 2.15. The van der Waals surface area contributed by atoms with Crippen molar-refractivity contribution in [3.8, 4) is 5.75 Å². The quantitative estimate of drug-likeness (QED) is 0.700. The van der Waals surface area contributed by atoms with E-state index in [1.807, 2.05) is 0 Å². The molecule has 0 fully saturated rings. The Labute approximate surface area is 83.6 Å². The first-order valence-corrected chi connectivity index (χ1v) is 4.27. The number of hydrogen-bond donors (Lipinski definition) is 1. The van der Waals surface area contributed by atoms with Gasteiger partial charge in [0.15, 0.2) is 11.1 Å². The third-order valence-electron chi connectivity index (χ3n) is 2.15. The Bertz CT molecular complexity index is 647. The molecule has 0 saturated carbocycles. The van der Waals surface area contributed by atoms with E-state index < -0.39 is 16.6 Å². The van der Waals surface area contributed by atoms with Gasteiger partial charge in [-0.15, -0.1) is 0 Å². The van der Waals surface area contributed by atoms with Crippen LogP contribution < -0.4 is 10.9 Å². The molecule has 0 aliphatic heterocycles. The largest absolute Gasteiger partial charge is 0.502 e. The second kappa shape index (κ2) is 2.98. The maximum absolute atomic E-state index is 11.6. The predicted molar refractivity (Wildman–Crippen MR) is 52.2 cm³/mol. The highest BCUT2D eigenvalue weighted by atomic mass is 16.5. The van der Waals surface area contributed by atoms with Crippen LogP contribution >= 0.6 is 0 Å². The molecule has 0 aromatic carbocycles. The predicted octanol–water partition coefficient (Wildman–Crippen LogP) is 1.07. The van der Waals surface area contributed by atoms with E-state index in [1.54, 1.807) is 0 Å². The maximum Gasteiger partial charge on any atom is 0.305 e. The van der Waals surface area contributed by atoms with Crippen LogP contribution in [0.2, 0.25) is 0 Å². The van der Waals surface area contributed by atoms with Crippen LogP contribution in [0.15, 0.2) is 24.7 Å². The number of fused-ring (bicyclic) bond motifs is 1. The van der Waals surface area contributed by atoms with Gasteiger partial charge in [0, 0.05) is 5.56 Å². The lowest BCUT2D eigenvalue weighted by Gasteiger charge is -1.99. The van der Waals surface area contributed by atoms with Crippen LogP contribution in [-0.2, 0) is 0 Å². The van der Waals surface area contributed by atoms with Gasteiger partial charge in [-0.2, -0.15) is 0 Å². The van der Waals surface area contributed by atoms with Crippen molar-refractivity contribution in [2.75, 3.05) is 0 Å². The van der Waals surface area contributed by atoms with Crippen molar-refractivity contribution in [3.63, 3.8) is 0 Å². The SMILES string of the molecule is Cc1oc2occ(C)c(=O)c2c(=O)c1O. The Morgan fingerprint density at radius 1 is 1.20 bits per heavy atom. The van der Waals surface area contributed by atoms with Gasteiger partial charge in [-0.05, 0) is 13.8 Å². The lowest BCUT2D eigenvalue weighted by molar-refractivity contribution is 0.395. The van der Waals surface area contributed by atoms with Crippen LogP contribution in [0, 0.1) is 13.8 Å². The third kappa shape index (κ3) is 1.24. The number of rotatable bonds is 0. The summed E-state index contributed by atoms with van der Waals surface area (Å²) in [5, 5.41) is 9.08. The molecule has 0 radical (unpaired) electrons. The first-order valence-electron chi connectivity index (χ1n) is 4.27. The van der Waals surface area contributed by atoms with Gasteiger partial charge in [0.25, 0.3) is 0 Å². The fourth-order valence-corrected chi connectivity index (χ4v) is 1.28. The minimum Gasteiger partial charge on any atom is -0.502 e. The van der Waals surface area contributed by atoms with Gasteiger partial charge in [0.1, 0.15) is 6.26 Å². The molecule has 2 aromatic rings. The van der Waals surface area contributed by atoms with Crippen molar-refractivity contribution in [3.05, 3.63) is 38.0 Å². The van der Waals surface area contributed by atoms with Gasteiger partial charge in [0.05, 0.1) is 0 Å². The summed E-state index contributed by atoms with van der Waals surface area (Å²) in [6.45, 7) is 2.93.